The van der Waals surface area contributed by atoms with E-state index < -0.39 is 0 Å². The van der Waals surface area contributed by atoms with E-state index in [2.05, 4.69) is 17.4 Å². The van der Waals surface area contributed by atoms with Crippen LogP contribution in [0.5, 0.6) is 0 Å². The number of nitrogens with zero attached hydrogens (tertiary/aromatic N) is 1. The van der Waals surface area contributed by atoms with Crippen LogP contribution >= 0.6 is 11.6 Å². The monoisotopic (exact) mass is 338 g/mol. The maximum Gasteiger partial charge on any atom is 0.0763 e. The van der Waals surface area contributed by atoms with Gasteiger partial charge in [0.25, 0.3) is 0 Å². The molecule has 124 valence electrons. The van der Waals surface area contributed by atoms with Gasteiger partial charge in [0.05, 0.1) is 16.9 Å². The average molecular weight is 339 g/mol. The first-order valence-corrected chi connectivity index (χ1v) is 9.66. The average Bonchev–Trinajstić information content (AvgIpc) is 2.81. The van der Waals surface area contributed by atoms with Crippen LogP contribution in [-0.2, 0) is 0 Å². The molecule has 5 rings (SSSR count). The highest BCUT2D eigenvalue weighted by atomic mass is 35.5. The van der Waals surface area contributed by atoms with Gasteiger partial charge in [0.2, 0.25) is 0 Å². The molecule has 4 unspecified atom stereocenters. The molecule has 3 aliphatic rings. The summed E-state index contributed by atoms with van der Waals surface area (Å²) in [5.41, 5.74) is 4.71. The second kappa shape index (κ2) is 5.77. The number of pyridine rings is 1. The van der Waals surface area contributed by atoms with Gasteiger partial charge < -0.3 is 5.32 Å². The van der Waals surface area contributed by atoms with Crippen LogP contribution < -0.4 is 5.32 Å². The first-order valence-electron chi connectivity index (χ1n) is 9.28. The summed E-state index contributed by atoms with van der Waals surface area (Å²) in [6, 6.07) is 10.2. The lowest BCUT2D eigenvalue weighted by atomic mass is 9.73. The van der Waals surface area contributed by atoms with Crippen LogP contribution in [0.3, 0.4) is 0 Å². The van der Waals surface area contributed by atoms with Crippen LogP contribution in [0.2, 0.25) is 5.02 Å². The molecule has 1 heterocycles. The third-order valence-electron chi connectivity index (χ3n) is 6.37. The van der Waals surface area contributed by atoms with Crippen molar-refractivity contribution in [1.82, 2.24) is 4.98 Å². The van der Waals surface area contributed by atoms with Crippen LogP contribution in [0.4, 0.5) is 11.4 Å². The van der Waals surface area contributed by atoms with Crippen molar-refractivity contribution >= 4 is 23.0 Å². The Morgan fingerprint density at radius 2 is 1.71 bits per heavy atom. The highest BCUT2D eigenvalue weighted by Gasteiger charge is 2.41. The molecule has 0 amide bonds. The molecule has 0 saturated heterocycles. The van der Waals surface area contributed by atoms with Gasteiger partial charge in [-0.3, -0.25) is 4.98 Å². The van der Waals surface area contributed by atoms with Crippen molar-refractivity contribution < 1.29 is 0 Å². The number of nitrogens with one attached hydrogen (secondary N) is 1. The standard InChI is InChI=1S/C21H23ClN2/c22-20-18(24-17-4-2-1-3-5-17)12-23-21-16-9-13-6-7-15(19(20)21)10-14(8-13)11-16/h1-5,12-16,24H,6-11H2. The number of fused-ring (bicyclic) bond motifs is 6. The molecular formula is C21H23ClN2. The lowest BCUT2D eigenvalue weighted by Gasteiger charge is -2.33. The fourth-order valence-electron chi connectivity index (χ4n) is 5.43. The van der Waals surface area contributed by atoms with Gasteiger partial charge in [0, 0.05) is 17.3 Å². The SMILES string of the molecule is Clc1c(Nc2ccccc2)cnc2c1C1CCC3CC(CC2C3)C1. The maximum atomic E-state index is 6.93. The van der Waals surface area contributed by atoms with Gasteiger partial charge >= 0.3 is 0 Å². The Balaban J connectivity index is 1.58. The maximum absolute atomic E-state index is 6.93. The molecule has 1 aromatic heterocycles. The largest absolute Gasteiger partial charge is 0.353 e. The van der Waals surface area contributed by atoms with Crippen LogP contribution in [0, 0.1) is 11.8 Å². The molecule has 4 atom stereocenters. The van der Waals surface area contributed by atoms with Crippen LogP contribution in [0.1, 0.15) is 61.6 Å². The number of hydrogen-bond donors (Lipinski definition) is 1. The van der Waals surface area contributed by atoms with Gasteiger partial charge in [0.1, 0.15) is 0 Å². The first kappa shape index (κ1) is 14.8. The Labute approximate surface area is 148 Å². The quantitative estimate of drug-likeness (QED) is 0.699. The van der Waals surface area contributed by atoms with E-state index in [-0.39, 0.29) is 0 Å². The van der Waals surface area contributed by atoms with E-state index in [1.165, 1.54) is 49.8 Å². The predicted molar refractivity (Wildman–Crippen MR) is 99.1 cm³/mol. The molecule has 2 fully saturated rings. The molecule has 0 radical (unpaired) electrons. The second-order valence-corrected chi connectivity index (χ2v) is 8.30. The minimum atomic E-state index is 0.609. The molecule has 4 bridgehead atoms. The number of aromatic nitrogens is 1. The molecule has 0 aliphatic heterocycles. The van der Waals surface area contributed by atoms with E-state index in [1.54, 1.807) is 0 Å². The summed E-state index contributed by atoms with van der Waals surface area (Å²) in [7, 11) is 0. The third-order valence-corrected chi connectivity index (χ3v) is 6.78. The highest BCUT2D eigenvalue weighted by molar-refractivity contribution is 6.34. The Morgan fingerprint density at radius 3 is 2.58 bits per heavy atom. The van der Waals surface area contributed by atoms with Gasteiger partial charge in [-0.2, -0.15) is 0 Å². The molecule has 3 heteroatoms. The molecule has 2 nitrogen and oxygen atoms in total. The highest BCUT2D eigenvalue weighted by Crippen LogP contribution is 2.55. The number of halogens is 1. The van der Waals surface area contributed by atoms with Crippen molar-refractivity contribution in [3.05, 3.63) is 52.8 Å². The zero-order chi connectivity index (χ0) is 16.1. The van der Waals surface area contributed by atoms with E-state index >= 15 is 0 Å². The van der Waals surface area contributed by atoms with Crippen LogP contribution in [0.15, 0.2) is 36.5 Å². The lowest BCUT2D eigenvalue weighted by Crippen LogP contribution is -2.20. The zero-order valence-corrected chi connectivity index (χ0v) is 14.6. The number of benzene rings is 1. The predicted octanol–water partition coefficient (Wildman–Crippen LogP) is 6.26. The number of rotatable bonds is 2. The van der Waals surface area contributed by atoms with E-state index in [4.69, 9.17) is 16.6 Å². The summed E-state index contributed by atoms with van der Waals surface area (Å²) < 4.78 is 0. The fraction of sp³-hybridized carbons (Fsp3) is 0.476. The molecule has 3 aliphatic carbocycles. The first-order chi connectivity index (χ1) is 11.8. The van der Waals surface area contributed by atoms with Gasteiger partial charge in [-0.1, -0.05) is 29.8 Å². The molecule has 1 N–H and O–H groups in total. The summed E-state index contributed by atoms with van der Waals surface area (Å²) in [6.45, 7) is 0. The van der Waals surface area contributed by atoms with Crippen LogP contribution in [0.25, 0.3) is 0 Å². The Morgan fingerprint density at radius 1 is 0.917 bits per heavy atom. The zero-order valence-electron chi connectivity index (χ0n) is 13.8. The van der Waals surface area contributed by atoms with Gasteiger partial charge in [0.15, 0.2) is 0 Å². The summed E-state index contributed by atoms with van der Waals surface area (Å²) in [4.78, 5) is 4.93. The minimum absolute atomic E-state index is 0.609. The van der Waals surface area contributed by atoms with Crippen molar-refractivity contribution in [3.63, 3.8) is 0 Å². The topological polar surface area (TPSA) is 24.9 Å². The van der Waals surface area contributed by atoms with Crippen molar-refractivity contribution in [1.29, 1.82) is 0 Å². The molecule has 2 saturated carbocycles. The third kappa shape index (κ3) is 2.43. The van der Waals surface area contributed by atoms with E-state index in [1.807, 2.05) is 24.4 Å². The van der Waals surface area contributed by atoms with Crippen molar-refractivity contribution in [2.75, 3.05) is 5.32 Å². The van der Waals surface area contributed by atoms with Gasteiger partial charge in [-0.05, 0) is 74.0 Å². The molecule has 2 aromatic rings. The number of para-hydroxylation sites is 1. The molecule has 24 heavy (non-hydrogen) atoms. The summed E-state index contributed by atoms with van der Waals surface area (Å²) in [5.74, 6) is 3.06. The Kier molecular flexibility index (Phi) is 3.55. The minimum Gasteiger partial charge on any atom is -0.353 e. The van der Waals surface area contributed by atoms with Crippen LogP contribution in [-0.4, -0.2) is 4.98 Å². The summed E-state index contributed by atoms with van der Waals surface area (Å²) in [5, 5.41) is 4.38. The van der Waals surface area contributed by atoms with E-state index in [0.717, 1.165) is 28.2 Å². The smallest absolute Gasteiger partial charge is 0.0763 e. The number of anilines is 2. The summed E-state index contributed by atoms with van der Waals surface area (Å²) in [6.07, 6.45) is 10.0. The van der Waals surface area contributed by atoms with Gasteiger partial charge in [-0.15, -0.1) is 0 Å². The Hall–Kier alpha value is -1.54. The number of hydrogen-bond acceptors (Lipinski definition) is 2. The molecular weight excluding hydrogens is 316 g/mol. The van der Waals surface area contributed by atoms with E-state index in [0.29, 0.717) is 11.8 Å². The van der Waals surface area contributed by atoms with Crippen molar-refractivity contribution in [2.24, 2.45) is 11.8 Å². The van der Waals surface area contributed by atoms with Crippen molar-refractivity contribution in [2.45, 2.75) is 50.4 Å². The summed E-state index contributed by atoms with van der Waals surface area (Å²) >= 11 is 6.93. The molecule has 1 aromatic carbocycles. The lowest BCUT2D eigenvalue weighted by molar-refractivity contribution is 0.243. The normalized spacial score (nSPS) is 30.5. The van der Waals surface area contributed by atoms with Gasteiger partial charge in [-0.25, -0.2) is 0 Å². The molecule has 0 spiro atoms. The van der Waals surface area contributed by atoms with E-state index in [9.17, 15) is 0 Å². The Bertz CT molecular complexity index is 758. The second-order valence-electron chi connectivity index (χ2n) is 7.92. The fourth-order valence-corrected chi connectivity index (χ4v) is 5.78. The van der Waals surface area contributed by atoms with Crippen molar-refractivity contribution in [3.8, 4) is 0 Å².